The Bertz CT molecular complexity index is 850. The molecule has 4 rings (SSSR count). The monoisotopic (exact) mass is 400 g/mol. The van der Waals surface area contributed by atoms with Crippen LogP contribution in [0.3, 0.4) is 0 Å². The molecule has 0 bridgehead atoms. The number of hydrogen-bond donors (Lipinski definition) is 0. The third-order valence-electron chi connectivity index (χ3n) is 5.59. The number of ether oxygens (including phenoxy) is 1. The SMILES string of the molecule is Cc1cc(N2CCOCC2)nc(N2CCN(C(=O)Cc3c(C)noc3C)CC2)n1. The first kappa shape index (κ1) is 19.6. The number of amides is 1. The maximum atomic E-state index is 12.7. The van der Waals surface area contributed by atoms with Gasteiger partial charge in [0.25, 0.3) is 0 Å². The maximum absolute atomic E-state index is 12.7. The third kappa shape index (κ3) is 4.34. The third-order valence-corrected chi connectivity index (χ3v) is 5.59. The molecule has 2 aromatic rings. The van der Waals surface area contributed by atoms with Crippen molar-refractivity contribution in [2.24, 2.45) is 0 Å². The van der Waals surface area contributed by atoms with E-state index < -0.39 is 0 Å². The highest BCUT2D eigenvalue weighted by molar-refractivity contribution is 5.79. The molecular weight excluding hydrogens is 372 g/mol. The second-order valence-corrected chi connectivity index (χ2v) is 7.61. The van der Waals surface area contributed by atoms with Crippen LogP contribution >= 0.6 is 0 Å². The van der Waals surface area contributed by atoms with Crippen molar-refractivity contribution in [2.75, 3.05) is 62.3 Å². The lowest BCUT2D eigenvalue weighted by Crippen LogP contribution is -2.50. The summed E-state index contributed by atoms with van der Waals surface area (Å²) < 4.78 is 10.6. The number of aryl methyl sites for hydroxylation is 3. The summed E-state index contributed by atoms with van der Waals surface area (Å²) in [4.78, 5) is 28.5. The Labute approximate surface area is 170 Å². The average Bonchev–Trinajstić information content (AvgIpc) is 3.06. The molecule has 2 aliphatic rings. The highest BCUT2D eigenvalue weighted by Gasteiger charge is 2.25. The Morgan fingerprint density at radius 1 is 1.00 bits per heavy atom. The number of anilines is 2. The molecule has 0 spiro atoms. The van der Waals surface area contributed by atoms with Gasteiger partial charge in [0.1, 0.15) is 11.6 Å². The Balaban J connectivity index is 1.39. The summed E-state index contributed by atoms with van der Waals surface area (Å²) in [6.45, 7) is 11.6. The lowest BCUT2D eigenvalue weighted by atomic mass is 10.1. The standard InChI is InChI=1S/C20H28N6O3/c1-14-12-18(24-8-10-28-11-9-24)22-20(21-14)26-6-4-25(5-7-26)19(27)13-17-15(2)23-29-16(17)3/h12H,4-11,13H2,1-3H3. The Kier molecular flexibility index (Phi) is 5.66. The van der Waals surface area contributed by atoms with Crippen LogP contribution in [0.1, 0.15) is 22.7 Å². The summed E-state index contributed by atoms with van der Waals surface area (Å²) in [6.07, 6.45) is 0.337. The van der Waals surface area contributed by atoms with Crippen LogP contribution < -0.4 is 9.80 Å². The Morgan fingerprint density at radius 3 is 2.38 bits per heavy atom. The van der Waals surface area contributed by atoms with Gasteiger partial charge in [-0.25, -0.2) is 4.98 Å². The zero-order valence-electron chi connectivity index (χ0n) is 17.3. The molecule has 2 aromatic heterocycles. The van der Waals surface area contributed by atoms with Crippen molar-refractivity contribution >= 4 is 17.7 Å². The van der Waals surface area contributed by atoms with Crippen molar-refractivity contribution < 1.29 is 14.1 Å². The zero-order valence-corrected chi connectivity index (χ0v) is 17.3. The number of rotatable bonds is 4. The molecule has 0 aliphatic carbocycles. The normalized spacial score (nSPS) is 17.7. The van der Waals surface area contributed by atoms with Gasteiger partial charge in [-0.05, 0) is 20.8 Å². The van der Waals surface area contributed by atoms with E-state index in [0.717, 1.165) is 73.9 Å². The first-order valence-electron chi connectivity index (χ1n) is 10.1. The number of morpholine rings is 1. The van der Waals surface area contributed by atoms with E-state index in [1.165, 1.54) is 0 Å². The van der Waals surface area contributed by atoms with Gasteiger partial charge in [0.05, 0.1) is 25.3 Å². The minimum absolute atomic E-state index is 0.109. The maximum Gasteiger partial charge on any atom is 0.227 e. The molecule has 0 radical (unpaired) electrons. The molecule has 9 heteroatoms. The van der Waals surface area contributed by atoms with E-state index in [0.29, 0.717) is 19.5 Å². The van der Waals surface area contributed by atoms with Gasteiger partial charge < -0.3 is 24.0 Å². The second kappa shape index (κ2) is 8.36. The van der Waals surface area contributed by atoms with Crippen LogP contribution in [0.5, 0.6) is 0 Å². The Hall–Kier alpha value is -2.68. The van der Waals surface area contributed by atoms with Crippen molar-refractivity contribution in [3.8, 4) is 0 Å². The van der Waals surface area contributed by atoms with E-state index in [1.54, 1.807) is 0 Å². The minimum atomic E-state index is 0.109. The number of carbonyl (C=O) groups excluding carboxylic acids is 1. The average molecular weight is 400 g/mol. The van der Waals surface area contributed by atoms with Gasteiger partial charge in [0.2, 0.25) is 11.9 Å². The molecule has 0 atom stereocenters. The van der Waals surface area contributed by atoms with Gasteiger partial charge in [0.15, 0.2) is 0 Å². The minimum Gasteiger partial charge on any atom is -0.378 e. The van der Waals surface area contributed by atoms with E-state index >= 15 is 0 Å². The van der Waals surface area contributed by atoms with Crippen molar-refractivity contribution in [1.29, 1.82) is 0 Å². The summed E-state index contributed by atoms with van der Waals surface area (Å²) in [5.41, 5.74) is 2.64. The summed E-state index contributed by atoms with van der Waals surface area (Å²) in [6, 6.07) is 2.03. The molecule has 0 unspecified atom stereocenters. The summed E-state index contributed by atoms with van der Waals surface area (Å²) in [5, 5.41) is 3.94. The van der Waals surface area contributed by atoms with Crippen LogP contribution in [0.4, 0.5) is 11.8 Å². The molecule has 9 nitrogen and oxygen atoms in total. The highest BCUT2D eigenvalue weighted by Crippen LogP contribution is 2.20. The van der Waals surface area contributed by atoms with Crippen LogP contribution in [0.2, 0.25) is 0 Å². The molecule has 2 aliphatic heterocycles. The van der Waals surface area contributed by atoms with E-state index in [9.17, 15) is 4.79 Å². The van der Waals surface area contributed by atoms with Gasteiger partial charge in [-0.1, -0.05) is 5.16 Å². The second-order valence-electron chi connectivity index (χ2n) is 7.61. The van der Waals surface area contributed by atoms with Gasteiger partial charge in [-0.15, -0.1) is 0 Å². The Morgan fingerprint density at radius 2 is 1.72 bits per heavy atom. The van der Waals surface area contributed by atoms with E-state index in [1.807, 2.05) is 31.7 Å². The molecule has 0 aromatic carbocycles. The molecule has 0 saturated carbocycles. The van der Waals surface area contributed by atoms with Gasteiger partial charge in [-0.2, -0.15) is 4.98 Å². The van der Waals surface area contributed by atoms with Gasteiger partial charge in [-0.3, -0.25) is 4.79 Å². The molecule has 2 fully saturated rings. The van der Waals surface area contributed by atoms with E-state index in [-0.39, 0.29) is 5.91 Å². The molecule has 2 saturated heterocycles. The molecule has 4 heterocycles. The van der Waals surface area contributed by atoms with Gasteiger partial charge >= 0.3 is 0 Å². The lowest BCUT2D eigenvalue weighted by Gasteiger charge is -2.35. The summed E-state index contributed by atoms with van der Waals surface area (Å²) in [7, 11) is 0. The first-order chi connectivity index (χ1) is 14.0. The van der Waals surface area contributed by atoms with Crippen molar-refractivity contribution in [1.82, 2.24) is 20.0 Å². The van der Waals surface area contributed by atoms with Crippen LogP contribution in [0.15, 0.2) is 10.6 Å². The number of aromatic nitrogens is 3. The molecule has 156 valence electrons. The number of piperazine rings is 1. The largest absolute Gasteiger partial charge is 0.378 e. The quantitative estimate of drug-likeness (QED) is 0.755. The van der Waals surface area contributed by atoms with Crippen LogP contribution in [-0.4, -0.2) is 78.4 Å². The topological polar surface area (TPSA) is 87.8 Å². The fraction of sp³-hybridized carbons (Fsp3) is 0.600. The first-order valence-corrected chi connectivity index (χ1v) is 10.1. The van der Waals surface area contributed by atoms with Crippen molar-refractivity contribution in [3.05, 3.63) is 28.8 Å². The number of nitrogens with zero attached hydrogens (tertiary/aromatic N) is 6. The number of carbonyl (C=O) groups is 1. The summed E-state index contributed by atoms with van der Waals surface area (Å²) in [5.74, 6) is 2.52. The summed E-state index contributed by atoms with van der Waals surface area (Å²) >= 11 is 0. The highest BCUT2D eigenvalue weighted by atomic mass is 16.5. The van der Waals surface area contributed by atoms with E-state index in [2.05, 4.69) is 19.9 Å². The predicted octanol–water partition coefficient (Wildman–Crippen LogP) is 1.12. The predicted molar refractivity (Wildman–Crippen MR) is 108 cm³/mol. The fourth-order valence-electron chi connectivity index (χ4n) is 3.81. The molecule has 0 N–H and O–H groups in total. The van der Waals surface area contributed by atoms with Crippen molar-refractivity contribution in [2.45, 2.75) is 27.2 Å². The molecular formula is C20H28N6O3. The number of hydrogen-bond acceptors (Lipinski definition) is 8. The van der Waals surface area contributed by atoms with Crippen LogP contribution in [0, 0.1) is 20.8 Å². The van der Waals surface area contributed by atoms with Crippen LogP contribution in [0.25, 0.3) is 0 Å². The van der Waals surface area contributed by atoms with E-state index in [4.69, 9.17) is 14.2 Å². The zero-order chi connectivity index (χ0) is 20.4. The van der Waals surface area contributed by atoms with Crippen LogP contribution in [-0.2, 0) is 16.0 Å². The fourth-order valence-corrected chi connectivity index (χ4v) is 3.81. The molecule has 1 amide bonds. The molecule has 29 heavy (non-hydrogen) atoms. The van der Waals surface area contributed by atoms with Gasteiger partial charge in [0, 0.05) is 56.6 Å². The smallest absolute Gasteiger partial charge is 0.227 e. The lowest BCUT2D eigenvalue weighted by molar-refractivity contribution is -0.130. The van der Waals surface area contributed by atoms with Crippen molar-refractivity contribution in [3.63, 3.8) is 0 Å².